The fraction of sp³-hybridized carbons (Fsp3) is 0.481. The lowest BCUT2D eigenvalue weighted by Gasteiger charge is -2.26. The smallest absolute Gasteiger partial charge is 0.242 e. The summed E-state index contributed by atoms with van der Waals surface area (Å²) in [5.74, 6) is 0.829. The second kappa shape index (κ2) is 15.9. The zero-order valence-corrected chi connectivity index (χ0v) is 23.3. The molecule has 2 amide bonds. The van der Waals surface area contributed by atoms with Crippen molar-refractivity contribution < 1.29 is 19.1 Å². The van der Waals surface area contributed by atoms with Crippen molar-refractivity contribution in [3.63, 3.8) is 0 Å². The van der Waals surface area contributed by atoms with E-state index in [1.807, 2.05) is 56.3 Å². The zero-order chi connectivity index (χ0) is 26.5. The number of hydrogen-bond donors (Lipinski definition) is 1. The van der Waals surface area contributed by atoms with Crippen molar-refractivity contribution in [2.45, 2.75) is 50.8 Å². The highest BCUT2D eigenvalue weighted by atomic mass is 35.5. The van der Waals surface area contributed by atoms with Gasteiger partial charge in [-0.3, -0.25) is 9.59 Å². The Bertz CT molecular complexity index is 989. The first-order chi connectivity index (χ1) is 17.3. The first-order valence-corrected chi connectivity index (χ1v) is 13.6. The summed E-state index contributed by atoms with van der Waals surface area (Å²) in [6.07, 6.45) is 1.53. The Morgan fingerprint density at radius 2 is 1.67 bits per heavy atom. The standard InChI is InChI=1S/C27H35Cl3N2O4/c1-4-19-8-7-9-21(16-19)31-25(33)13-15-32(27(34)26(30)22(29)18-28)14-12-20-10-11-23(35-5-2)24(17-20)36-6-3/h7-11,16-17,22,26H,4-6,12-15,18H2,1-3H3,(H,31,33). The van der Waals surface area contributed by atoms with Crippen LogP contribution < -0.4 is 14.8 Å². The molecule has 2 unspecified atom stereocenters. The van der Waals surface area contributed by atoms with E-state index in [-0.39, 0.29) is 30.7 Å². The number of rotatable bonds is 15. The minimum Gasteiger partial charge on any atom is -0.490 e. The monoisotopic (exact) mass is 556 g/mol. The largest absolute Gasteiger partial charge is 0.490 e. The average molecular weight is 558 g/mol. The first-order valence-electron chi connectivity index (χ1n) is 12.2. The summed E-state index contributed by atoms with van der Waals surface area (Å²) in [5.41, 5.74) is 2.82. The third kappa shape index (κ3) is 9.38. The van der Waals surface area contributed by atoms with Crippen LogP contribution in [0.25, 0.3) is 0 Å². The van der Waals surface area contributed by atoms with Crippen LogP contribution in [-0.4, -0.2) is 59.7 Å². The van der Waals surface area contributed by atoms with Gasteiger partial charge < -0.3 is 19.7 Å². The summed E-state index contributed by atoms with van der Waals surface area (Å²) in [6, 6.07) is 13.4. The number of hydrogen-bond acceptors (Lipinski definition) is 4. The van der Waals surface area contributed by atoms with Gasteiger partial charge in [-0.2, -0.15) is 0 Å². The van der Waals surface area contributed by atoms with Gasteiger partial charge in [0.25, 0.3) is 0 Å². The molecule has 2 atom stereocenters. The van der Waals surface area contributed by atoms with Crippen molar-refractivity contribution in [1.29, 1.82) is 0 Å². The van der Waals surface area contributed by atoms with Crippen molar-refractivity contribution in [2.24, 2.45) is 0 Å². The van der Waals surface area contributed by atoms with Crippen molar-refractivity contribution in [3.8, 4) is 11.5 Å². The molecule has 0 bridgehead atoms. The number of carbonyl (C=O) groups is 2. The Hall–Kier alpha value is -2.15. The quantitative estimate of drug-likeness (QED) is 0.277. The minimum absolute atomic E-state index is 0.0418. The van der Waals surface area contributed by atoms with Gasteiger partial charge in [0.15, 0.2) is 11.5 Å². The van der Waals surface area contributed by atoms with E-state index in [1.54, 1.807) is 4.90 Å². The number of anilines is 1. The number of halogens is 3. The van der Waals surface area contributed by atoms with Gasteiger partial charge in [-0.25, -0.2) is 0 Å². The lowest BCUT2D eigenvalue weighted by molar-refractivity contribution is -0.131. The van der Waals surface area contributed by atoms with E-state index in [1.165, 1.54) is 0 Å². The molecule has 36 heavy (non-hydrogen) atoms. The summed E-state index contributed by atoms with van der Waals surface area (Å²) in [5, 5.41) is 1.19. The van der Waals surface area contributed by atoms with Gasteiger partial charge in [-0.15, -0.1) is 34.8 Å². The maximum absolute atomic E-state index is 13.1. The maximum atomic E-state index is 13.1. The molecule has 9 heteroatoms. The molecule has 2 rings (SSSR count). The van der Waals surface area contributed by atoms with E-state index in [0.717, 1.165) is 23.2 Å². The third-order valence-electron chi connectivity index (χ3n) is 5.52. The Kier molecular flexibility index (Phi) is 13.2. The summed E-state index contributed by atoms with van der Waals surface area (Å²) in [7, 11) is 0. The molecule has 0 saturated heterocycles. The van der Waals surface area contributed by atoms with Crippen LogP contribution >= 0.6 is 34.8 Å². The molecule has 0 radical (unpaired) electrons. The average Bonchev–Trinajstić information content (AvgIpc) is 2.89. The molecule has 2 aromatic carbocycles. The predicted octanol–water partition coefficient (Wildman–Crippen LogP) is 5.90. The molecule has 1 N–H and O–H groups in total. The molecule has 0 aliphatic rings. The fourth-order valence-corrected chi connectivity index (χ4v) is 4.19. The van der Waals surface area contributed by atoms with Crippen LogP contribution in [0.2, 0.25) is 0 Å². The molecule has 0 aromatic heterocycles. The molecular weight excluding hydrogens is 523 g/mol. The number of aryl methyl sites for hydroxylation is 1. The number of alkyl halides is 3. The van der Waals surface area contributed by atoms with Gasteiger partial charge in [0.05, 0.1) is 18.6 Å². The molecule has 0 heterocycles. The van der Waals surface area contributed by atoms with Crippen LogP contribution in [0.15, 0.2) is 42.5 Å². The van der Waals surface area contributed by atoms with Gasteiger partial charge in [0, 0.05) is 31.1 Å². The highest BCUT2D eigenvalue weighted by Crippen LogP contribution is 2.29. The van der Waals surface area contributed by atoms with Gasteiger partial charge in [0.1, 0.15) is 5.38 Å². The van der Waals surface area contributed by atoms with E-state index in [4.69, 9.17) is 44.3 Å². The summed E-state index contributed by atoms with van der Waals surface area (Å²) in [4.78, 5) is 27.3. The fourth-order valence-electron chi connectivity index (χ4n) is 3.58. The van der Waals surface area contributed by atoms with E-state index >= 15 is 0 Å². The molecular formula is C27H35Cl3N2O4. The second-order valence-electron chi connectivity index (χ2n) is 8.15. The maximum Gasteiger partial charge on any atom is 0.242 e. The molecule has 0 aliphatic carbocycles. The van der Waals surface area contributed by atoms with Gasteiger partial charge >= 0.3 is 0 Å². The summed E-state index contributed by atoms with van der Waals surface area (Å²) < 4.78 is 11.3. The van der Waals surface area contributed by atoms with Gasteiger partial charge in [-0.1, -0.05) is 25.1 Å². The number of amides is 2. The third-order valence-corrected chi connectivity index (χ3v) is 7.04. The minimum atomic E-state index is -0.993. The Morgan fingerprint density at radius 3 is 2.33 bits per heavy atom. The zero-order valence-electron chi connectivity index (χ0n) is 21.1. The number of carbonyl (C=O) groups excluding carboxylic acids is 2. The van der Waals surface area contributed by atoms with E-state index in [0.29, 0.717) is 37.7 Å². The molecule has 0 spiro atoms. The lowest BCUT2D eigenvalue weighted by atomic mass is 10.1. The molecule has 2 aromatic rings. The van der Waals surface area contributed by atoms with Crippen LogP contribution in [-0.2, 0) is 22.4 Å². The van der Waals surface area contributed by atoms with Crippen molar-refractivity contribution in [2.75, 3.05) is 37.5 Å². The second-order valence-corrected chi connectivity index (χ2v) is 9.49. The Morgan fingerprint density at radius 1 is 0.944 bits per heavy atom. The molecule has 0 aliphatic heterocycles. The first kappa shape index (κ1) is 30.1. The normalized spacial score (nSPS) is 12.5. The number of benzene rings is 2. The van der Waals surface area contributed by atoms with Crippen LogP contribution in [0.4, 0.5) is 5.69 Å². The lowest BCUT2D eigenvalue weighted by Crippen LogP contribution is -2.43. The van der Waals surface area contributed by atoms with Crippen LogP contribution in [0.1, 0.15) is 38.3 Å². The Labute approximate surface area is 229 Å². The Balaban J connectivity index is 2.10. The van der Waals surface area contributed by atoms with Gasteiger partial charge in [0.2, 0.25) is 11.8 Å². The molecule has 198 valence electrons. The van der Waals surface area contributed by atoms with Gasteiger partial charge in [-0.05, 0) is 62.1 Å². The van der Waals surface area contributed by atoms with Crippen molar-refractivity contribution in [1.82, 2.24) is 4.90 Å². The van der Waals surface area contributed by atoms with Crippen LogP contribution in [0.5, 0.6) is 11.5 Å². The van der Waals surface area contributed by atoms with E-state index in [9.17, 15) is 9.59 Å². The highest BCUT2D eigenvalue weighted by molar-refractivity contribution is 6.39. The van der Waals surface area contributed by atoms with E-state index in [2.05, 4.69) is 12.2 Å². The number of ether oxygens (including phenoxy) is 2. The topological polar surface area (TPSA) is 67.9 Å². The summed E-state index contributed by atoms with van der Waals surface area (Å²) >= 11 is 18.3. The molecule has 0 saturated carbocycles. The van der Waals surface area contributed by atoms with Crippen molar-refractivity contribution in [3.05, 3.63) is 53.6 Å². The van der Waals surface area contributed by atoms with E-state index < -0.39 is 10.8 Å². The summed E-state index contributed by atoms with van der Waals surface area (Å²) in [6.45, 7) is 7.47. The molecule has 0 fully saturated rings. The number of nitrogens with one attached hydrogen (secondary N) is 1. The van der Waals surface area contributed by atoms with Crippen LogP contribution in [0, 0.1) is 0 Å². The molecule has 6 nitrogen and oxygen atoms in total. The predicted molar refractivity (Wildman–Crippen MR) is 148 cm³/mol. The van der Waals surface area contributed by atoms with Crippen LogP contribution in [0.3, 0.4) is 0 Å². The number of nitrogens with zero attached hydrogens (tertiary/aromatic N) is 1. The van der Waals surface area contributed by atoms with Crippen molar-refractivity contribution >= 4 is 52.3 Å². The SMILES string of the molecule is CCOc1ccc(CCN(CCC(=O)Nc2cccc(CC)c2)C(=O)C(Cl)C(Cl)CCl)cc1OCC. The highest BCUT2D eigenvalue weighted by Gasteiger charge is 2.28.